The Morgan fingerprint density at radius 2 is 0.818 bits per heavy atom. The molecule has 8 rings (SSSR count). The first kappa shape index (κ1) is 47.6. The fourth-order valence-corrected chi connectivity index (χ4v) is 13.1. The first-order valence-corrected chi connectivity index (χ1v) is 26.2. The monoisotopic (exact) mass is 994 g/mol. The fraction of sp³-hybridized carbons (Fsp3) is 0.231. The molecule has 0 amide bonds. The van der Waals surface area contributed by atoms with Crippen LogP contribution in [0.2, 0.25) is 0 Å². The number of hydrogen-bond donors (Lipinski definition) is 0. The third-order valence-electron chi connectivity index (χ3n) is 10.1. The molecule has 8 aromatic rings. The predicted molar refractivity (Wildman–Crippen MR) is 281 cm³/mol. The van der Waals surface area contributed by atoms with Crippen LogP contribution < -0.4 is 18.9 Å². The normalized spacial score (nSPS) is 11.6. The summed E-state index contributed by atoms with van der Waals surface area (Å²) < 4.78 is 44.6. The van der Waals surface area contributed by atoms with Gasteiger partial charge in [0.05, 0.1) is 63.6 Å². The predicted octanol–water partition coefficient (Wildman–Crippen LogP) is 14.8. The van der Waals surface area contributed by atoms with E-state index in [1.165, 1.54) is 59.9 Å². The standard InChI is InChI=1S/C52H50O8S6/c1-53-21-23-57-25-27-59-39-15-11-35(31-41(39)55-3)9-13-37-33-49(43-7-5-29-61-43)65-51(37)47-19-17-45(63-47)46-18-20-48(64-46)52-38(34-50(66-52)44-8-6-30-62-44)14-10-36-12-16-40(42(32-36)56-4)60-28-26-58-24-22-54-2/h5-20,29-34H,21-28H2,1-4H3/b13-9+,14-10+. The summed E-state index contributed by atoms with van der Waals surface area (Å²) >= 11 is 10.9. The van der Waals surface area contributed by atoms with Crippen LogP contribution in [-0.2, 0) is 18.9 Å². The maximum Gasteiger partial charge on any atom is 0.161 e. The average molecular weight is 995 g/mol. The first-order chi connectivity index (χ1) is 32.5. The molecule has 0 bridgehead atoms. The zero-order chi connectivity index (χ0) is 45.5. The van der Waals surface area contributed by atoms with E-state index in [1.807, 2.05) is 69.6 Å². The Labute approximate surface area is 410 Å². The Kier molecular flexibility index (Phi) is 17.5. The molecule has 0 aliphatic carbocycles. The lowest BCUT2D eigenvalue weighted by Crippen LogP contribution is -2.10. The summed E-state index contributed by atoms with van der Waals surface area (Å²) in [5.74, 6) is 2.73. The summed E-state index contributed by atoms with van der Waals surface area (Å²) in [5, 5.41) is 4.27. The Morgan fingerprint density at radius 3 is 1.23 bits per heavy atom. The van der Waals surface area contributed by atoms with Crippen molar-refractivity contribution in [2.75, 3.05) is 81.3 Å². The van der Waals surface area contributed by atoms with Crippen molar-refractivity contribution in [3.8, 4) is 71.8 Å². The molecular weight excluding hydrogens is 945 g/mol. The van der Waals surface area contributed by atoms with Crippen molar-refractivity contribution in [1.29, 1.82) is 0 Å². The van der Waals surface area contributed by atoms with Gasteiger partial charge < -0.3 is 37.9 Å². The highest BCUT2D eigenvalue weighted by atomic mass is 32.1. The summed E-state index contributed by atoms with van der Waals surface area (Å²) in [7, 11) is 6.65. The molecule has 0 saturated carbocycles. The third kappa shape index (κ3) is 12.4. The molecule has 6 aromatic heterocycles. The lowest BCUT2D eigenvalue weighted by atomic mass is 10.1. The second kappa shape index (κ2) is 24.3. The molecule has 0 spiro atoms. The first-order valence-electron chi connectivity index (χ1n) is 21.2. The van der Waals surface area contributed by atoms with Gasteiger partial charge >= 0.3 is 0 Å². The molecule has 8 nitrogen and oxygen atoms in total. The molecule has 0 unspecified atom stereocenters. The van der Waals surface area contributed by atoms with Gasteiger partial charge in [0.2, 0.25) is 0 Å². The number of methoxy groups -OCH3 is 4. The minimum absolute atomic E-state index is 0.425. The number of rotatable bonds is 25. The minimum Gasteiger partial charge on any atom is -0.493 e. The number of thiophene rings is 6. The topological polar surface area (TPSA) is 73.8 Å². The van der Waals surface area contributed by atoms with Gasteiger partial charge in [-0.2, -0.15) is 0 Å². The summed E-state index contributed by atoms with van der Waals surface area (Å²) in [4.78, 5) is 12.5. The van der Waals surface area contributed by atoms with Gasteiger partial charge in [-0.3, -0.25) is 0 Å². The number of benzene rings is 2. The Bertz CT molecular complexity index is 2600. The number of ether oxygens (including phenoxy) is 8. The molecule has 0 aliphatic heterocycles. The van der Waals surface area contributed by atoms with E-state index in [9.17, 15) is 0 Å². The molecule has 66 heavy (non-hydrogen) atoms. The van der Waals surface area contributed by atoms with Gasteiger partial charge in [0.15, 0.2) is 23.0 Å². The summed E-state index contributed by atoms with van der Waals surface area (Å²) in [6, 6.07) is 34.3. The maximum absolute atomic E-state index is 5.97. The van der Waals surface area contributed by atoms with Crippen molar-refractivity contribution < 1.29 is 37.9 Å². The van der Waals surface area contributed by atoms with Crippen LogP contribution in [0.5, 0.6) is 23.0 Å². The largest absolute Gasteiger partial charge is 0.493 e. The van der Waals surface area contributed by atoms with Crippen LogP contribution >= 0.6 is 68.0 Å². The molecule has 0 saturated heterocycles. The van der Waals surface area contributed by atoms with Gasteiger partial charge in [-0.05, 0) is 106 Å². The highest BCUT2D eigenvalue weighted by molar-refractivity contribution is 7.30. The van der Waals surface area contributed by atoms with Gasteiger partial charge in [0.1, 0.15) is 13.2 Å². The second-order valence-electron chi connectivity index (χ2n) is 14.5. The van der Waals surface area contributed by atoms with Crippen LogP contribution in [0, 0.1) is 0 Å². The van der Waals surface area contributed by atoms with E-state index in [1.54, 1.807) is 51.1 Å². The summed E-state index contributed by atoms with van der Waals surface area (Å²) in [6.45, 7) is 3.99. The Balaban J connectivity index is 1.02. The van der Waals surface area contributed by atoms with Crippen LogP contribution in [0.15, 0.2) is 108 Å². The van der Waals surface area contributed by atoms with Crippen molar-refractivity contribution in [2.24, 2.45) is 0 Å². The molecule has 0 fully saturated rings. The van der Waals surface area contributed by atoms with Gasteiger partial charge in [0, 0.05) is 53.2 Å². The Hall–Kier alpha value is -4.84. The molecule has 0 aliphatic rings. The van der Waals surface area contributed by atoms with Gasteiger partial charge in [0.25, 0.3) is 0 Å². The summed E-state index contributed by atoms with van der Waals surface area (Å²) in [5.41, 5.74) is 4.39. The highest BCUT2D eigenvalue weighted by Gasteiger charge is 2.18. The van der Waals surface area contributed by atoms with Crippen LogP contribution in [0.25, 0.3) is 73.1 Å². The maximum atomic E-state index is 5.97. The molecule has 6 heterocycles. The van der Waals surface area contributed by atoms with Gasteiger partial charge in [-0.1, -0.05) is 48.6 Å². The third-order valence-corrected chi connectivity index (χ3v) is 17.2. The zero-order valence-electron chi connectivity index (χ0n) is 37.1. The van der Waals surface area contributed by atoms with Crippen molar-refractivity contribution in [2.45, 2.75) is 0 Å². The van der Waals surface area contributed by atoms with Crippen molar-refractivity contribution in [1.82, 2.24) is 0 Å². The van der Waals surface area contributed by atoms with E-state index in [-0.39, 0.29) is 0 Å². The smallest absolute Gasteiger partial charge is 0.161 e. The molecule has 2 aromatic carbocycles. The lowest BCUT2D eigenvalue weighted by Gasteiger charge is -2.11. The lowest BCUT2D eigenvalue weighted by molar-refractivity contribution is 0.0540. The zero-order valence-corrected chi connectivity index (χ0v) is 42.0. The summed E-state index contributed by atoms with van der Waals surface area (Å²) in [6.07, 6.45) is 8.71. The van der Waals surface area contributed by atoms with Gasteiger partial charge in [-0.25, -0.2) is 0 Å². The van der Waals surface area contributed by atoms with E-state index in [2.05, 4.69) is 108 Å². The fourth-order valence-electron chi connectivity index (χ4n) is 6.80. The molecule has 14 heteroatoms. The molecule has 0 radical (unpaired) electrons. The van der Waals surface area contributed by atoms with E-state index in [0.717, 1.165) is 11.1 Å². The average Bonchev–Trinajstić information content (AvgIpc) is 4.20. The van der Waals surface area contributed by atoms with Crippen LogP contribution in [-0.4, -0.2) is 81.3 Å². The SMILES string of the molecule is COCCOCCOc1ccc(/C=C/c2cc(-c3cccs3)sc2-c2ccc(-c3ccc(-c4sc(-c5cccs5)cc4/C=C/c4ccc(OCCOCCOC)c(OC)c4)s3)s2)cc1OC. The van der Waals surface area contributed by atoms with Crippen LogP contribution in [0.4, 0.5) is 0 Å². The minimum atomic E-state index is 0.425. The quantitative estimate of drug-likeness (QED) is 0.0524. The van der Waals surface area contributed by atoms with Crippen LogP contribution in [0.3, 0.4) is 0 Å². The van der Waals surface area contributed by atoms with E-state index >= 15 is 0 Å². The van der Waals surface area contributed by atoms with Gasteiger partial charge in [-0.15, -0.1) is 68.0 Å². The Morgan fingerprint density at radius 1 is 0.379 bits per heavy atom. The molecule has 0 N–H and O–H groups in total. The number of hydrogen-bond acceptors (Lipinski definition) is 14. The highest BCUT2D eigenvalue weighted by Crippen LogP contribution is 2.48. The molecule has 342 valence electrons. The second-order valence-corrected chi connectivity index (χ2v) is 20.6. The molecular formula is C52H50O8S6. The van der Waals surface area contributed by atoms with E-state index in [4.69, 9.17) is 37.9 Å². The van der Waals surface area contributed by atoms with Crippen molar-refractivity contribution in [3.05, 3.63) is 130 Å². The van der Waals surface area contributed by atoms with Crippen LogP contribution in [0.1, 0.15) is 22.3 Å². The van der Waals surface area contributed by atoms with E-state index in [0.29, 0.717) is 75.9 Å². The van der Waals surface area contributed by atoms with E-state index < -0.39 is 0 Å². The molecule has 0 atom stereocenters. The van der Waals surface area contributed by atoms with Crippen molar-refractivity contribution >= 4 is 92.3 Å². The van der Waals surface area contributed by atoms with Crippen molar-refractivity contribution in [3.63, 3.8) is 0 Å².